The molecule has 0 rings (SSSR count). The lowest BCUT2D eigenvalue weighted by molar-refractivity contribution is -0.117. The van der Waals surface area contributed by atoms with Gasteiger partial charge in [0, 0.05) is 39.5 Å². The molecule has 0 spiro atoms. The second kappa shape index (κ2) is 28.4. The largest absolute Gasteiger partial charge is 0.379 e. The molecule has 0 aromatic rings. The Morgan fingerprint density at radius 2 is 0.846 bits per heavy atom. The molecule has 224 valence electrons. The van der Waals surface area contributed by atoms with Crippen molar-refractivity contribution < 1.29 is 42.8 Å². The average Bonchev–Trinajstić information content (AvgIpc) is 2.95. The molecule has 0 fully saturated rings. The van der Waals surface area contributed by atoms with Crippen LogP contribution in [-0.4, -0.2) is 116 Å². The molecule has 12 heteroatoms. The molecular weight excluding hydrogens is 510 g/mol. The zero-order valence-corrected chi connectivity index (χ0v) is 23.1. The van der Waals surface area contributed by atoms with Crippen molar-refractivity contribution in [1.82, 2.24) is 16.0 Å². The maximum Gasteiger partial charge on any atom is 0.243 e. The van der Waals surface area contributed by atoms with Crippen LogP contribution in [0.5, 0.6) is 0 Å². The SMILES string of the molecule is C=CC(=O)NCCCOCCOCC(COCCOCCCNC(=O)C=C)OCCOCCCNC(=O)C=C. The third kappa shape index (κ3) is 26.8. The van der Waals surface area contributed by atoms with E-state index in [1.807, 2.05) is 0 Å². The van der Waals surface area contributed by atoms with Crippen LogP contribution in [-0.2, 0) is 42.8 Å². The zero-order valence-electron chi connectivity index (χ0n) is 23.1. The van der Waals surface area contributed by atoms with Crippen molar-refractivity contribution in [2.24, 2.45) is 0 Å². The number of ether oxygens (including phenoxy) is 6. The van der Waals surface area contributed by atoms with Gasteiger partial charge in [-0.15, -0.1) is 0 Å². The predicted molar refractivity (Wildman–Crippen MR) is 147 cm³/mol. The van der Waals surface area contributed by atoms with Crippen molar-refractivity contribution in [3.05, 3.63) is 38.0 Å². The lowest BCUT2D eigenvalue weighted by atomic mass is 10.4. The standard InChI is InChI=1S/C27H47N3O9/c1-4-25(31)28-10-7-13-34-16-18-37-22-24(39-21-20-36-15-9-12-30-27(33)6-3)23-38-19-17-35-14-8-11-29-26(32)5-2/h4-6,24H,1-3,7-23H2,(H,28,31)(H,29,32)(H,30,33). The van der Waals surface area contributed by atoms with Gasteiger partial charge in [0.05, 0.1) is 52.9 Å². The van der Waals surface area contributed by atoms with Crippen molar-refractivity contribution in [1.29, 1.82) is 0 Å². The van der Waals surface area contributed by atoms with E-state index < -0.39 is 0 Å². The topological polar surface area (TPSA) is 143 Å². The first-order chi connectivity index (χ1) is 19.0. The number of hydrogen-bond donors (Lipinski definition) is 3. The quantitative estimate of drug-likeness (QED) is 0.0887. The van der Waals surface area contributed by atoms with Gasteiger partial charge >= 0.3 is 0 Å². The molecule has 12 nitrogen and oxygen atoms in total. The minimum atomic E-state index is -0.288. The number of carbonyl (C=O) groups is 3. The zero-order chi connectivity index (χ0) is 28.8. The first kappa shape index (κ1) is 36.4. The van der Waals surface area contributed by atoms with Gasteiger partial charge in [-0.1, -0.05) is 19.7 Å². The van der Waals surface area contributed by atoms with Crippen LogP contribution in [0.25, 0.3) is 0 Å². The molecule has 0 saturated carbocycles. The van der Waals surface area contributed by atoms with Gasteiger partial charge in [0.15, 0.2) is 0 Å². The molecule has 0 aromatic heterocycles. The third-order valence-electron chi connectivity index (χ3n) is 4.78. The van der Waals surface area contributed by atoms with Crippen LogP contribution in [0.4, 0.5) is 0 Å². The molecule has 0 unspecified atom stereocenters. The lowest BCUT2D eigenvalue weighted by Gasteiger charge is -2.18. The fourth-order valence-electron chi connectivity index (χ4n) is 2.76. The first-order valence-electron chi connectivity index (χ1n) is 13.2. The minimum Gasteiger partial charge on any atom is -0.379 e. The molecule has 0 atom stereocenters. The van der Waals surface area contributed by atoms with Gasteiger partial charge in [0.1, 0.15) is 6.10 Å². The summed E-state index contributed by atoms with van der Waals surface area (Å²) < 4.78 is 33.7. The van der Waals surface area contributed by atoms with Crippen LogP contribution in [0.1, 0.15) is 19.3 Å². The second-order valence-electron chi connectivity index (χ2n) is 8.03. The highest BCUT2D eigenvalue weighted by atomic mass is 16.6. The Morgan fingerprint density at radius 3 is 1.21 bits per heavy atom. The maximum atomic E-state index is 11.1. The Morgan fingerprint density at radius 1 is 0.513 bits per heavy atom. The van der Waals surface area contributed by atoms with Gasteiger partial charge in [-0.05, 0) is 37.5 Å². The Bertz CT molecular complexity index is 639. The summed E-state index contributed by atoms with van der Waals surface area (Å²) in [4.78, 5) is 33.2. The van der Waals surface area contributed by atoms with E-state index in [1.54, 1.807) is 0 Å². The molecule has 3 N–H and O–H groups in total. The Labute approximate surface area is 232 Å². The summed E-state index contributed by atoms with van der Waals surface area (Å²) in [5.74, 6) is -0.601. The summed E-state index contributed by atoms with van der Waals surface area (Å²) >= 11 is 0. The summed E-state index contributed by atoms with van der Waals surface area (Å²) in [5.41, 5.74) is 0. The van der Waals surface area contributed by atoms with Crippen LogP contribution in [0.2, 0.25) is 0 Å². The molecule has 0 radical (unpaired) electrons. The van der Waals surface area contributed by atoms with Gasteiger partial charge in [-0.3, -0.25) is 14.4 Å². The van der Waals surface area contributed by atoms with E-state index >= 15 is 0 Å². The van der Waals surface area contributed by atoms with E-state index in [4.69, 9.17) is 28.4 Å². The van der Waals surface area contributed by atoms with Crippen LogP contribution >= 0.6 is 0 Å². The van der Waals surface area contributed by atoms with E-state index in [9.17, 15) is 14.4 Å². The molecular formula is C27H47N3O9. The number of rotatable bonds is 29. The first-order valence-corrected chi connectivity index (χ1v) is 13.2. The summed E-state index contributed by atoms with van der Waals surface area (Å²) in [6.45, 7) is 16.4. The maximum absolute atomic E-state index is 11.1. The molecule has 0 heterocycles. The fourth-order valence-corrected chi connectivity index (χ4v) is 2.76. The Balaban J connectivity index is 4.02. The normalized spacial score (nSPS) is 10.7. The highest BCUT2D eigenvalue weighted by molar-refractivity contribution is 5.87. The Hall–Kier alpha value is -2.61. The molecule has 0 aliphatic heterocycles. The van der Waals surface area contributed by atoms with E-state index in [0.717, 1.165) is 0 Å². The van der Waals surface area contributed by atoms with Gasteiger partial charge in [-0.25, -0.2) is 0 Å². The van der Waals surface area contributed by atoms with Gasteiger partial charge in [0.25, 0.3) is 0 Å². The van der Waals surface area contributed by atoms with Crippen LogP contribution < -0.4 is 16.0 Å². The number of nitrogens with one attached hydrogen (secondary N) is 3. The smallest absolute Gasteiger partial charge is 0.243 e. The lowest BCUT2D eigenvalue weighted by Crippen LogP contribution is -2.29. The van der Waals surface area contributed by atoms with Crippen molar-refractivity contribution in [3.63, 3.8) is 0 Å². The number of hydrogen-bond acceptors (Lipinski definition) is 9. The molecule has 0 aromatic carbocycles. The monoisotopic (exact) mass is 557 g/mol. The summed E-state index contributed by atoms with van der Waals surface area (Å²) in [5, 5.41) is 8.06. The number of amides is 3. The van der Waals surface area contributed by atoms with Crippen molar-refractivity contribution in [2.75, 3.05) is 92.3 Å². The van der Waals surface area contributed by atoms with E-state index in [1.165, 1.54) is 18.2 Å². The van der Waals surface area contributed by atoms with Crippen molar-refractivity contribution in [2.45, 2.75) is 25.4 Å². The number of carbonyl (C=O) groups excluding carboxylic acids is 3. The van der Waals surface area contributed by atoms with Crippen LogP contribution in [0, 0.1) is 0 Å². The summed E-state index contributed by atoms with van der Waals surface area (Å²) in [6.07, 6.45) is 5.50. The Kier molecular flexibility index (Phi) is 26.5. The molecule has 0 saturated heterocycles. The molecule has 0 aliphatic rings. The molecule has 39 heavy (non-hydrogen) atoms. The fraction of sp³-hybridized carbons (Fsp3) is 0.667. The third-order valence-corrected chi connectivity index (χ3v) is 4.78. The van der Waals surface area contributed by atoms with Gasteiger partial charge < -0.3 is 44.4 Å². The van der Waals surface area contributed by atoms with Crippen molar-refractivity contribution >= 4 is 17.7 Å². The van der Waals surface area contributed by atoms with E-state index in [-0.39, 0.29) is 23.8 Å². The second-order valence-corrected chi connectivity index (χ2v) is 8.03. The van der Waals surface area contributed by atoms with Crippen molar-refractivity contribution in [3.8, 4) is 0 Å². The average molecular weight is 558 g/mol. The van der Waals surface area contributed by atoms with Crippen LogP contribution in [0.15, 0.2) is 38.0 Å². The molecule has 0 aliphatic carbocycles. The van der Waals surface area contributed by atoms with E-state index in [0.29, 0.717) is 112 Å². The minimum absolute atomic E-state index is 0.199. The highest BCUT2D eigenvalue weighted by Crippen LogP contribution is 1.98. The predicted octanol–water partition coefficient (Wildman–Crippen LogP) is 0.532. The highest BCUT2D eigenvalue weighted by Gasteiger charge is 2.10. The van der Waals surface area contributed by atoms with Gasteiger partial charge in [0.2, 0.25) is 17.7 Å². The summed E-state index contributed by atoms with van der Waals surface area (Å²) in [7, 11) is 0. The van der Waals surface area contributed by atoms with E-state index in [2.05, 4.69) is 35.7 Å². The van der Waals surface area contributed by atoms with Gasteiger partial charge in [-0.2, -0.15) is 0 Å². The molecule has 3 amide bonds. The van der Waals surface area contributed by atoms with Crippen LogP contribution in [0.3, 0.4) is 0 Å². The summed E-state index contributed by atoms with van der Waals surface area (Å²) in [6, 6.07) is 0. The molecule has 0 bridgehead atoms.